The molecule has 0 saturated carbocycles. The Balaban J connectivity index is 1.51. The van der Waals surface area contributed by atoms with Crippen molar-refractivity contribution >= 4 is 33.3 Å². The van der Waals surface area contributed by atoms with Gasteiger partial charge in [-0.2, -0.15) is 0 Å². The Labute approximate surface area is 193 Å². The molecule has 0 atom stereocenters. The van der Waals surface area contributed by atoms with Crippen molar-refractivity contribution in [1.29, 1.82) is 0 Å². The van der Waals surface area contributed by atoms with Crippen LogP contribution in [0.5, 0.6) is 17.2 Å². The molecule has 1 aliphatic rings. The molecule has 0 radical (unpaired) electrons. The minimum Gasteiger partial charge on any atom is -0.497 e. The number of aromatic nitrogens is 2. The quantitative estimate of drug-likeness (QED) is 0.209. The van der Waals surface area contributed by atoms with Crippen LogP contribution in [0.4, 0.5) is 0 Å². The lowest BCUT2D eigenvalue weighted by molar-refractivity contribution is 0.174. The smallest absolute Gasteiger partial charge is 0.263 e. The Morgan fingerprint density at radius 2 is 2.03 bits per heavy atom. The third-order valence-electron chi connectivity index (χ3n) is 5.18. The molecule has 5 rings (SSSR count). The van der Waals surface area contributed by atoms with E-state index in [9.17, 15) is 4.79 Å². The summed E-state index contributed by atoms with van der Waals surface area (Å²) >= 11 is 3.00. The van der Waals surface area contributed by atoms with Gasteiger partial charge in [-0.25, -0.2) is 4.98 Å². The highest BCUT2D eigenvalue weighted by molar-refractivity contribution is 7.98. The van der Waals surface area contributed by atoms with Crippen molar-refractivity contribution in [3.8, 4) is 28.4 Å². The minimum atomic E-state index is -0.0600. The van der Waals surface area contributed by atoms with E-state index in [1.54, 1.807) is 17.8 Å². The summed E-state index contributed by atoms with van der Waals surface area (Å²) in [7, 11) is 1.63. The fourth-order valence-corrected chi connectivity index (χ4v) is 5.51. The first-order valence-electron chi connectivity index (χ1n) is 9.96. The van der Waals surface area contributed by atoms with Crippen LogP contribution in [0, 0.1) is 0 Å². The van der Waals surface area contributed by atoms with Crippen LogP contribution in [0.3, 0.4) is 0 Å². The minimum absolute atomic E-state index is 0.0600. The van der Waals surface area contributed by atoms with E-state index in [4.69, 9.17) is 19.2 Å². The number of hydrogen-bond donors (Lipinski definition) is 0. The van der Waals surface area contributed by atoms with Crippen LogP contribution in [-0.4, -0.2) is 23.5 Å². The highest BCUT2D eigenvalue weighted by Gasteiger charge is 2.18. The Morgan fingerprint density at radius 3 is 2.81 bits per heavy atom. The van der Waals surface area contributed by atoms with E-state index < -0.39 is 0 Å². The molecule has 0 amide bonds. The number of ether oxygens (including phenoxy) is 3. The Morgan fingerprint density at radius 1 is 1.22 bits per heavy atom. The molecule has 8 heteroatoms. The molecular weight excluding hydrogens is 444 g/mol. The lowest BCUT2D eigenvalue weighted by atomic mass is 10.1. The molecule has 3 heterocycles. The second kappa shape index (κ2) is 8.72. The van der Waals surface area contributed by atoms with E-state index in [0.29, 0.717) is 22.8 Å². The average molecular weight is 465 g/mol. The molecule has 2 aromatic carbocycles. The van der Waals surface area contributed by atoms with Crippen molar-refractivity contribution < 1.29 is 14.2 Å². The van der Waals surface area contributed by atoms with Gasteiger partial charge in [-0.3, -0.25) is 9.36 Å². The molecule has 0 N–H and O–H groups in total. The van der Waals surface area contributed by atoms with Crippen LogP contribution in [0.1, 0.15) is 5.56 Å². The van der Waals surface area contributed by atoms with Crippen LogP contribution in [0.25, 0.3) is 21.3 Å². The van der Waals surface area contributed by atoms with Gasteiger partial charge in [0.25, 0.3) is 5.56 Å². The van der Waals surface area contributed by atoms with Gasteiger partial charge in [-0.05, 0) is 35.4 Å². The van der Waals surface area contributed by atoms with E-state index in [1.165, 1.54) is 23.1 Å². The summed E-state index contributed by atoms with van der Waals surface area (Å²) in [5, 5.41) is 3.29. The number of thioether (sulfide) groups is 1. The number of benzene rings is 2. The van der Waals surface area contributed by atoms with Crippen molar-refractivity contribution in [3.05, 3.63) is 76.4 Å². The second-order valence-corrected chi connectivity index (χ2v) is 8.93. The largest absolute Gasteiger partial charge is 0.497 e. The summed E-state index contributed by atoms with van der Waals surface area (Å²) in [5.74, 6) is 2.93. The van der Waals surface area contributed by atoms with Gasteiger partial charge in [0, 0.05) is 23.2 Å². The SMILES string of the molecule is C=CCn1c(SCc2ccc3c(c2)OCO3)nc2scc(-c3ccc(OC)cc3)c2c1=O. The summed E-state index contributed by atoms with van der Waals surface area (Å²) in [5.41, 5.74) is 2.86. The average Bonchev–Trinajstić information content (AvgIpc) is 3.46. The summed E-state index contributed by atoms with van der Waals surface area (Å²) in [4.78, 5) is 19.1. The van der Waals surface area contributed by atoms with Crippen LogP contribution in [0.15, 0.2) is 70.5 Å². The fourth-order valence-electron chi connectivity index (χ4n) is 3.57. The molecule has 162 valence electrons. The zero-order valence-corrected chi connectivity index (χ0v) is 19.0. The van der Waals surface area contributed by atoms with Gasteiger partial charge < -0.3 is 14.2 Å². The van der Waals surface area contributed by atoms with Crippen molar-refractivity contribution in [2.45, 2.75) is 17.5 Å². The number of methoxy groups -OCH3 is 1. The number of rotatable bonds is 7. The van der Waals surface area contributed by atoms with E-state index >= 15 is 0 Å². The van der Waals surface area contributed by atoms with Gasteiger partial charge in [0.1, 0.15) is 10.6 Å². The maximum atomic E-state index is 13.5. The van der Waals surface area contributed by atoms with Gasteiger partial charge in [0.2, 0.25) is 6.79 Å². The van der Waals surface area contributed by atoms with E-state index in [0.717, 1.165) is 38.8 Å². The molecule has 0 fully saturated rings. The molecule has 0 spiro atoms. The van der Waals surface area contributed by atoms with Crippen LogP contribution in [-0.2, 0) is 12.3 Å². The van der Waals surface area contributed by atoms with Crippen molar-refractivity contribution in [3.63, 3.8) is 0 Å². The predicted octanol–water partition coefficient (Wildman–Crippen LogP) is 5.34. The Hall–Kier alpha value is -3.23. The van der Waals surface area contributed by atoms with E-state index in [1.807, 2.05) is 47.8 Å². The predicted molar refractivity (Wildman–Crippen MR) is 128 cm³/mol. The van der Waals surface area contributed by atoms with Gasteiger partial charge >= 0.3 is 0 Å². The van der Waals surface area contributed by atoms with E-state index in [2.05, 4.69) is 6.58 Å². The van der Waals surface area contributed by atoms with Gasteiger partial charge in [0.15, 0.2) is 16.7 Å². The highest BCUT2D eigenvalue weighted by atomic mass is 32.2. The number of thiophene rings is 1. The molecule has 0 aliphatic carbocycles. The third-order valence-corrected chi connectivity index (χ3v) is 7.10. The zero-order chi connectivity index (χ0) is 22.1. The first-order valence-corrected chi connectivity index (χ1v) is 11.8. The molecule has 32 heavy (non-hydrogen) atoms. The first-order chi connectivity index (χ1) is 15.7. The molecule has 6 nitrogen and oxygen atoms in total. The Kier molecular flexibility index (Phi) is 5.63. The normalized spacial score (nSPS) is 12.3. The second-order valence-electron chi connectivity index (χ2n) is 7.13. The summed E-state index contributed by atoms with van der Waals surface area (Å²) < 4.78 is 17.8. The number of hydrogen-bond acceptors (Lipinski definition) is 7. The third kappa shape index (κ3) is 3.76. The molecule has 0 bridgehead atoms. The monoisotopic (exact) mass is 464 g/mol. The highest BCUT2D eigenvalue weighted by Crippen LogP contribution is 2.36. The van der Waals surface area contributed by atoms with Gasteiger partial charge in [-0.1, -0.05) is 36.0 Å². The first kappa shape index (κ1) is 20.7. The number of fused-ring (bicyclic) bond motifs is 2. The lowest BCUT2D eigenvalue weighted by Crippen LogP contribution is -2.22. The van der Waals surface area contributed by atoms with Crippen LogP contribution < -0.4 is 19.8 Å². The molecule has 1 aliphatic heterocycles. The number of nitrogens with zero attached hydrogens (tertiary/aromatic N) is 2. The van der Waals surface area contributed by atoms with Gasteiger partial charge in [-0.15, -0.1) is 17.9 Å². The molecule has 2 aromatic heterocycles. The Bertz CT molecular complexity index is 1360. The maximum absolute atomic E-state index is 13.5. The molecular formula is C24H20N2O4S2. The topological polar surface area (TPSA) is 62.6 Å². The molecule has 0 unspecified atom stereocenters. The van der Waals surface area contributed by atoms with Crippen LogP contribution in [0.2, 0.25) is 0 Å². The van der Waals surface area contributed by atoms with Crippen molar-refractivity contribution in [2.75, 3.05) is 13.9 Å². The van der Waals surface area contributed by atoms with Crippen molar-refractivity contribution in [1.82, 2.24) is 9.55 Å². The summed E-state index contributed by atoms with van der Waals surface area (Å²) in [6.45, 7) is 4.46. The molecule has 4 aromatic rings. The fraction of sp³-hybridized carbons (Fsp3) is 0.167. The van der Waals surface area contributed by atoms with Gasteiger partial charge in [0.05, 0.1) is 12.5 Å². The maximum Gasteiger partial charge on any atom is 0.263 e. The lowest BCUT2D eigenvalue weighted by Gasteiger charge is -2.11. The zero-order valence-electron chi connectivity index (χ0n) is 17.4. The van der Waals surface area contributed by atoms with Crippen molar-refractivity contribution in [2.24, 2.45) is 0 Å². The molecule has 0 saturated heterocycles. The summed E-state index contributed by atoms with van der Waals surface area (Å²) in [6.07, 6.45) is 1.72. The van der Waals surface area contributed by atoms with E-state index in [-0.39, 0.29) is 12.4 Å². The summed E-state index contributed by atoms with van der Waals surface area (Å²) in [6, 6.07) is 13.6. The van der Waals surface area contributed by atoms with Crippen LogP contribution >= 0.6 is 23.1 Å². The number of allylic oxidation sites excluding steroid dienone is 1. The standard InChI is InChI=1S/C24H20N2O4S2/c1-3-10-26-23(27)21-18(16-5-7-17(28-2)8-6-16)13-31-22(21)25-24(26)32-12-15-4-9-19-20(11-15)30-14-29-19/h3-9,11,13H,1,10,12,14H2,2H3.